The van der Waals surface area contributed by atoms with Crippen molar-refractivity contribution in [2.24, 2.45) is 0 Å². The summed E-state index contributed by atoms with van der Waals surface area (Å²) in [4.78, 5) is 0. The number of halogens is 4. The van der Waals surface area contributed by atoms with Gasteiger partial charge in [0.1, 0.15) is 5.69 Å². The number of nitrogens with zero attached hydrogens (tertiary/aromatic N) is 2. The molecule has 1 heterocycles. The van der Waals surface area contributed by atoms with Crippen LogP contribution in [0.3, 0.4) is 0 Å². The standard InChI is InChI=1S/C16H10ClF3N2/c1-9-5-7-10(8-6-9)14-11-3-2-4-12(16(18,19)20)13(11)15(17)22-21-14/h2-8H,1H3. The summed E-state index contributed by atoms with van der Waals surface area (Å²) >= 11 is 5.88. The second kappa shape index (κ2) is 5.25. The van der Waals surface area contributed by atoms with Crippen LogP contribution < -0.4 is 0 Å². The lowest BCUT2D eigenvalue weighted by molar-refractivity contribution is -0.136. The largest absolute Gasteiger partial charge is 0.417 e. The first-order valence-corrected chi connectivity index (χ1v) is 6.85. The SMILES string of the molecule is Cc1ccc(-c2nnc(Cl)c3c(C(F)(F)F)cccc23)cc1. The molecule has 1 aromatic heterocycles. The fourth-order valence-corrected chi connectivity index (χ4v) is 2.57. The van der Waals surface area contributed by atoms with Gasteiger partial charge in [-0.2, -0.15) is 13.2 Å². The van der Waals surface area contributed by atoms with Gasteiger partial charge in [0, 0.05) is 16.3 Å². The highest BCUT2D eigenvalue weighted by atomic mass is 35.5. The Hall–Kier alpha value is -2.14. The predicted octanol–water partition coefficient (Wildman–Crippen LogP) is 5.28. The normalized spacial score (nSPS) is 11.9. The molecule has 0 aliphatic rings. The van der Waals surface area contributed by atoms with Gasteiger partial charge in [0.15, 0.2) is 5.15 Å². The number of benzene rings is 2. The summed E-state index contributed by atoms with van der Waals surface area (Å²) in [6.07, 6.45) is -4.50. The second-order valence-corrected chi connectivity index (χ2v) is 5.29. The van der Waals surface area contributed by atoms with Crippen LogP contribution in [0.15, 0.2) is 42.5 Å². The Morgan fingerprint density at radius 1 is 0.955 bits per heavy atom. The molecule has 2 aromatic carbocycles. The maximum atomic E-state index is 13.2. The lowest BCUT2D eigenvalue weighted by Gasteiger charge is -2.13. The molecule has 0 radical (unpaired) electrons. The van der Waals surface area contributed by atoms with Crippen LogP contribution in [0.25, 0.3) is 22.0 Å². The fraction of sp³-hybridized carbons (Fsp3) is 0.125. The van der Waals surface area contributed by atoms with Gasteiger partial charge in [-0.15, -0.1) is 10.2 Å². The molecule has 3 aromatic rings. The third kappa shape index (κ3) is 2.52. The van der Waals surface area contributed by atoms with Gasteiger partial charge in [-0.25, -0.2) is 0 Å². The van der Waals surface area contributed by atoms with E-state index < -0.39 is 11.7 Å². The highest BCUT2D eigenvalue weighted by Crippen LogP contribution is 2.39. The summed E-state index contributed by atoms with van der Waals surface area (Å²) in [6, 6.07) is 11.2. The molecule has 0 saturated carbocycles. The van der Waals surface area contributed by atoms with Crippen LogP contribution in [0.5, 0.6) is 0 Å². The van der Waals surface area contributed by atoms with Crippen molar-refractivity contribution in [3.8, 4) is 11.3 Å². The highest BCUT2D eigenvalue weighted by Gasteiger charge is 2.34. The van der Waals surface area contributed by atoms with Crippen molar-refractivity contribution in [1.29, 1.82) is 0 Å². The zero-order valence-electron chi connectivity index (χ0n) is 11.4. The van der Waals surface area contributed by atoms with E-state index in [1.165, 1.54) is 6.07 Å². The first kappa shape index (κ1) is 14.8. The van der Waals surface area contributed by atoms with Gasteiger partial charge in [-0.1, -0.05) is 53.6 Å². The number of hydrogen-bond acceptors (Lipinski definition) is 2. The van der Waals surface area contributed by atoms with E-state index in [-0.39, 0.29) is 10.5 Å². The second-order valence-electron chi connectivity index (χ2n) is 4.93. The molecule has 0 amide bonds. The predicted molar refractivity (Wildman–Crippen MR) is 79.7 cm³/mol. The van der Waals surface area contributed by atoms with E-state index in [9.17, 15) is 13.2 Å². The molecule has 0 spiro atoms. The van der Waals surface area contributed by atoms with E-state index in [1.807, 2.05) is 19.1 Å². The van der Waals surface area contributed by atoms with E-state index >= 15 is 0 Å². The van der Waals surface area contributed by atoms with Crippen molar-refractivity contribution in [2.45, 2.75) is 13.1 Å². The molecule has 2 nitrogen and oxygen atoms in total. The Balaban J connectivity index is 2.35. The highest BCUT2D eigenvalue weighted by molar-refractivity contribution is 6.34. The van der Waals surface area contributed by atoms with Crippen LogP contribution in [-0.2, 0) is 6.18 Å². The van der Waals surface area contributed by atoms with E-state index in [4.69, 9.17) is 11.6 Å². The Bertz CT molecular complexity index is 842. The summed E-state index contributed by atoms with van der Waals surface area (Å²) in [5, 5.41) is 7.63. The van der Waals surface area contributed by atoms with Gasteiger partial charge in [0.2, 0.25) is 0 Å². The number of fused-ring (bicyclic) bond motifs is 1. The van der Waals surface area contributed by atoms with Crippen LogP contribution in [0, 0.1) is 6.92 Å². The van der Waals surface area contributed by atoms with Crippen LogP contribution in [-0.4, -0.2) is 10.2 Å². The summed E-state index contributed by atoms with van der Waals surface area (Å²) in [6.45, 7) is 1.93. The fourth-order valence-electron chi connectivity index (χ4n) is 2.33. The van der Waals surface area contributed by atoms with Crippen LogP contribution in [0.2, 0.25) is 5.15 Å². The van der Waals surface area contributed by atoms with Crippen molar-refractivity contribution in [2.75, 3.05) is 0 Å². The van der Waals surface area contributed by atoms with Crippen molar-refractivity contribution >= 4 is 22.4 Å². The monoisotopic (exact) mass is 322 g/mol. The first-order chi connectivity index (χ1) is 10.4. The molecule has 0 aliphatic carbocycles. The number of alkyl halides is 3. The lowest BCUT2D eigenvalue weighted by atomic mass is 10.0. The van der Waals surface area contributed by atoms with Gasteiger partial charge in [-0.05, 0) is 13.0 Å². The Kier molecular flexibility index (Phi) is 3.53. The van der Waals surface area contributed by atoms with Crippen LogP contribution >= 0.6 is 11.6 Å². The van der Waals surface area contributed by atoms with E-state index in [0.29, 0.717) is 16.6 Å². The molecule has 112 valence electrons. The molecule has 0 atom stereocenters. The molecule has 0 aliphatic heterocycles. The summed E-state index contributed by atoms with van der Waals surface area (Å²) in [5.41, 5.74) is 1.31. The minimum atomic E-state index is -4.50. The molecule has 0 fully saturated rings. The molecule has 0 bridgehead atoms. The minimum absolute atomic E-state index is 0.123. The summed E-state index contributed by atoms with van der Waals surface area (Å²) in [7, 11) is 0. The molecule has 6 heteroatoms. The smallest absolute Gasteiger partial charge is 0.166 e. The number of aryl methyl sites for hydroxylation is 1. The van der Waals surface area contributed by atoms with Crippen LogP contribution in [0.1, 0.15) is 11.1 Å². The maximum absolute atomic E-state index is 13.2. The Morgan fingerprint density at radius 3 is 2.27 bits per heavy atom. The Morgan fingerprint density at radius 2 is 1.64 bits per heavy atom. The molecular weight excluding hydrogens is 313 g/mol. The number of rotatable bonds is 1. The van der Waals surface area contributed by atoms with Crippen molar-refractivity contribution in [3.05, 3.63) is 58.7 Å². The Labute approximate surface area is 129 Å². The molecule has 0 unspecified atom stereocenters. The summed E-state index contributed by atoms with van der Waals surface area (Å²) in [5.74, 6) is 0. The zero-order valence-corrected chi connectivity index (χ0v) is 12.2. The number of aromatic nitrogens is 2. The quantitative estimate of drug-likeness (QED) is 0.609. The van der Waals surface area contributed by atoms with Crippen molar-refractivity contribution in [1.82, 2.24) is 10.2 Å². The van der Waals surface area contributed by atoms with Gasteiger partial charge < -0.3 is 0 Å². The van der Waals surface area contributed by atoms with E-state index in [2.05, 4.69) is 10.2 Å². The third-order valence-corrected chi connectivity index (χ3v) is 3.66. The molecule has 3 rings (SSSR count). The van der Waals surface area contributed by atoms with E-state index in [0.717, 1.165) is 11.6 Å². The lowest BCUT2D eigenvalue weighted by Crippen LogP contribution is -2.07. The maximum Gasteiger partial charge on any atom is 0.417 e. The van der Waals surface area contributed by atoms with E-state index in [1.54, 1.807) is 18.2 Å². The molecule has 0 saturated heterocycles. The minimum Gasteiger partial charge on any atom is -0.166 e. The average molecular weight is 323 g/mol. The molecular formula is C16H10ClF3N2. The number of hydrogen-bond donors (Lipinski definition) is 0. The molecule has 22 heavy (non-hydrogen) atoms. The van der Waals surface area contributed by atoms with Gasteiger partial charge >= 0.3 is 6.18 Å². The van der Waals surface area contributed by atoms with Crippen LogP contribution in [0.4, 0.5) is 13.2 Å². The van der Waals surface area contributed by atoms with Gasteiger partial charge in [0.05, 0.1) is 5.56 Å². The first-order valence-electron chi connectivity index (χ1n) is 6.47. The topological polar surface area (TPSA) is 25.8 Å². The van der Waals surface area contributed by atoms with Crippen molar-refractivity contribution < 1.29 is 13.2 Å². The van der Waals surface area contributed by atoms with Gasteiger partial charge in [0.25, 0.3) is 0 Å². The molecule has 0 N–H and O–H groups in total. The summed E-state index contributed by atoms with van der Waals surface area (Å²) < 4.78 is 39.5. The average Bonchev–Trinajstić information content (AvgIpc) is 2.47. The zero-order chi connectivity index (χ0) is 15.9. The van der Waals surface area contributed by atoms with Crippen molar-refractivity contribution in [3.63, 3.8) is 0 Å². The van der Waals surface area contributed by atoms with Gasteiger partial charge in [-0.3, -0.25) is 0 Å². The third-order valence-electron chi connectivity index (χ3n) is 3.39.